The van der Waals surface area contributed by atoms with E-state index in [4.69, 9.17) is 0 Å². The second kappa shape index (κ2) is 16.2. The molecule has 0 saturated carbocycles. The summed E-state index contributed by atoms with van der Waals surface area (Å²) in [5.41, 5.74) is 9.25. The van der Waals surface area contributed by atoms with Crippen molar-refractivity contribution in [3.63, 3.8) is 0 Å². The topological polar surface area (TPSA) is 70.8 Å². The van der Waals surface area contributed by atoms with Gasteiger partial charge >= 0.3 is 16.8 Å². The Morgan fingerprint density at radius 3 is 1.10 bits per heavy atom. The predicted octanol–water partition coefficient (Wildman–Crippen LogP) is 7.59. The van der Waals surface area contributed by atoms with Crippen LogP contribution in [0.2, 0.25) is 0 Å². The molecular weight excluding hydrogens is 551 g/mol. The Kier molecular flexibility index (Phi) is 13.0. The van der Waals surface area contributed by atoms with Crippen LogP contribution in [0.1, 0.15) is 47.2 Å². The molecule has 0 bridgehead atoms. The van der Waals surface area contributed by atoms with Crippen molar-refractivity contribution >= 4 is 34.3 Å². The second-order valence-electron chi connectivity index (χ2n) is 9.95. The average Bonchev–Trinajstić information content (AvgIpc) is 2.88. The van der Waals surface area contributed by atoms with Crippen LogP contribution >= 0.6 is 0 Å². The van der Waals surface area contributed by atoms with E-state index in [-0.39, 0.29) is 28.3 Å². The molecule has 0 fully saturated rings. The fraction of sp³-hybridized carbons (Fsp3) is 0.167. The number of hydrogen-bond acceptors (Lipinski definition) is 4. The van der Waals surface area contributed by atoms with Crippen LogP contribution in [0.4, 0.5) is 11.4 Å². The fourth-order valence-corrected chi connectivity index (χ4v) is 4.25. The molecule has 0 unspecified atom stereocenters. The van der Waals surface area contributed by atoms with Crippen LogP contribution in [0.5, 0.6) is 0 Å². The first-order chi connectivity index (χ1) is 19.1. The minimum absolute atomic E-state index is 0. The van der Waals surface area contributed by atoms with E-state index in [1.165, 1.54) is 22.3 Å². The molecule has 0 aliphatic carbocycles. The quantitative estimate of drug-likeness (QED) is 0.172. The second-order valence-corrected chi connectivity index (χ2v) is 9.95. The molecule has 5 heteroatoms. The molecule has 0 saturated heterocycles. The predicted molar refractivity (Wildman–Crippen MR) is 166 cm³/mol. The van der Waals surface area contributed by atoms with Gasteiger partial charge in [-0.15, -0.1) is 0 Å². The molecule has 0 N–H and O–H groups in total. The van der Waals surface area contributed by atoms with Gasteiger partial charge in [0.05, 0.1) is 11.4 Å². The van der Waals surface area contributed by atoms with Crippen LogP contribution in [0.3, 0.4) is 0 Å². The standard InChI is InChI=1S/2C18H19NO.Co/c2*1-13-9-14(2)11-17(10-13)19-15(3)12-18(20)16-7-5-4-6-8-16;/h2*4-12,20H,1-3H3;/q;;+2/p-2/b2*18-12-,19-15?;. The molecule has 0 amide bonds. The number of rotatable bonds is 6. The first kappa shape index (κ1) is 33.0. The summed E-state index contributed by atoms with van der Waals surface area (Å²) < 4.78 is 0. The van der Waals surface area contributed by atoms with Crippen LogP contribution in [0.25, 0.3) is 11.5 Å². The third-order valence-electron chi connectivity index (χ3n) is 5.82. The zero-order chi connectivity index (χ0) is 29.1. The third kappa shape index (κ3) is 11.4. The summed E-state index contributed by atoms with van der Waals surface area (Å²) >= 11 is 0. The normalized spacial score (nSPS) is 12.2. The molecule has 4 aromatic carbocycles. The largest absolute Gasteiger partial charge is 2.00 e. The molecule has 41 heavy (non-hydrogen) atoms. The third-order valence-corrected chi connectivity index (χ3v) is 5.82. The van der Waals surface area contributed by atoms with Crippen molar-refractivity contribution in [3.05, 3.63) is 143 Å². The van der Waals surface area contributed by atoms with Gasteiger partial charge in [-0.3, -0.25) is 9.98 Å². The summed E-state index contributed by atoms with van der Waals surface area (Å²) in [6.07, 6.45) is 3.15. The van der Waals surface area contributed by atoms with Crippen molar-refractivity contribution in [1.29, 1.82) is 0 Å². The van der Waals surface area contributed by atoms with Gasteiger partial charge in [0.1, 0.15) is 0 Å². The van der Waals surface area contributed by atoms with Crippen LogP contribution < -0.4 is 10.2 Å². The van der Waals surface area contributed by atoms with Gasteiger partial charge in [-0.25, -0.2) is 0 Å². The van der Waals surface area contributed by atoms with E-state index in [1.54, 1.807) is 12.2 Å². The molecular formula is C36H36CoN2O2. The molecule has 4 rings (SSSR count). The van der Waals surface area contributed by atoms with Gasteiger partial charge in [-0.05, 0) is 111 Å². The van der Waals surface area contributed by atoms with E-state index >= 15 is 0 Å². The van der Waals surface area contributed by atoms with Gasteiger partial charge in [0, 0.05) is 11.4 Å². The van der Waals surface area contributed by atoms with Gasteiger partial charge in [0.15, 0.2) is 0 Å². The Bertz CT molecular complexity index is 1390. The SMILES string of the molecule is CC(/C=C(\[O-])c1ccccc1)=Nc1cc(C)cc(C)c1.CC(/C=C(\[O-])c1ccccc1)=Nc1cc(C)cc(C)c1.[Co+2]. The summed E-state index contributed by atoms with van der Waals surface area (Å²) in [6, 6.07) is 30.7. The van der Waals surface area contributed by atoms with Crippen molar-refractivity contribution in [3.8, 4) is 0 Å². The number of aliphatic imine (C=N–C) groups is 2. The Labute approximate surface area is 254 Å². The van der Waals surface area contributed by atoms with Crippen LogP contribution in [-0.2, 0) is 16.8 Å². The summed E-state index contributed by atoms with van der Waals surface area (Å²) in [6.45, 7) is 11.9. The zero-order valence-electron chi connectivity index (χ0n) is 24.4. The number of benzene rings is 4. The first-order valence-corrected chi connectivity index (χ1v) is 13.2. The van der Waals surface area contributed by atoms with Gasteiger partial charge in [0.2, 0.25) is 0 Å². The van der Waals surface area contributed by atoms with E-state index < -0.39 is 0 Å². The minimum atomic E-state index is -0.0174. The Morgan fingerprint density at radius 2 is 0.805 bits per heavy atom. The van der Waals surface area contributed by atoms with Gasteiger partial charge in [-0.1, -0.05) is 84.3 Å². The molecule has 0 aliphatic rings. The molecule has 4 nitrogen and oxygen atoms in total. The Balaban J connectivity index is 0.000000280. The molecule has 0 spiro atoms. The summed E-state index contributed by atoms with van der Waals surface area (Å²) in [4.78, 5) is 8.97. The molecule has 1 radical (unpaired) electrons. The molecule has 0 atom stereocenters. The molecule has 0 aromatic heterocycles. The van der Waals surface area contributed by atoms with Crippen molar-refractivity contribution in [2.45, 2.75) is 41.5 Å². The van der Waals surface area contributed by atoms with E-state index in [2.05, 4.69) is 22.1 Å². The van der Waals surface area contributed by atoms with E-state index in [1.807, 2.05) is 126 Å². The first-order valence-electron chi connectivity index (χ1n) is 13.2. The smallest absolute Gasteiger partial charge is 0.872 e. The number of nitrogens with zero attached hydrogens (tertiary/aromatic N) is 2. The number of allylic oxidation sites excluding steroid dienone is 2. The number of aryl methyl sites for hydroxylation is 4. The minimum Gasteiger partial charge on any atom is -0.872 e. The maximum absolute atomic E-state index is 12.0. The van der Waals surface area contributed by atoms with Crippen molar-refractivity contribution in [2.75, 3.05) is 0 Å². The van der Waals surface area contributed by atoms with Crippen molar-refractivity contribution in [2.24, 2.45) is 9.98 Å². The van der Waals surface area contributed by atoms with Crippen molar-refractivity contribution < 1.29 is 27.0 Å². The maximum atomic E-state index is 12.0. The van der Waals surface area contributed by atoms with Crippen molar-refractivity contribution in [1.82, 2.24) is 0 Å². The monoisotopic (exact) mass is 587 g/mol. The Hall–Kier alpha value is -4.19. The summed E-state index contributed by atoms with van der Waals surface area (Å²) in [7, 11) is 0. The molecule has 211 valence electrons. The van der Waals surface area contributed by atoms with Crippen LogP contribution in [0, 0.1) is 27.7 Å². The van der Waals surface area contributed by atoms with Crippen LogP contribution in [0.15, 0.2) is 119 Å². The van der Waals surface area contributed by atoms with E-state index in [0.29, 0.717) is 22.6 Å². The summed E-state index contributed by atoms with van der Waals surface area (Å²) in [5, 5.41) is 24.1. The molecule has 0 aliphatic heterocycles. The fourth-order valence-electron chi connectivity index (χ4n) is 4.25. The summed E-state index contributed by atoms with van der Waals surface area (Å²) in [5.74, 6) is -0.0348. The van der Waals surface area contributed by atoms with Gasteiger partial charge < -0.3 is 10.2 Å². The molecule has 4 aromatic rings. The average molecular weight is 588 g/mol. The van der Waals surface area contributed by atoms with E-state index in [0.717, 1.165) is 11.4 Å². The Morgan fingerprint density at radius 1 is 0.512 bits per heavy atom. The maximum Gasteiger partial charge on any atom is 2.00 e. The molecule has 0 heterocycles. The van der Waals surface area contributed by atoms with Crippen LogP contribution in [-0.4, -0.2) is 11.4 Å². The zero-order valence-corrected chi connectivity index (χ0v) is 25.5. The number of hydrogen-bond donors (Lipinski definition) is 0. The van der Waals surface area contributed by atoms with Gasteiger partial charge in [-0.2, -0.15) is 0 Å². The van der Waals surface area contributed by atoms with Gasteiger partial charge in [0.25, 0.3) is 0 Å². The van der Waals surface area contributed by atoms with E-state index in [9.17, 15) is 10.2 Å².